The summed E-state index contributed by atoms with van der Waals surface area (Å²) >= 11 is 1.23. The first kappa shape index (κ1) is 21.5. The molecule has 7 heteroatoms. The van der Waals surface area contributed by atoms with Gasteiger partial charge in [-0.15, -0.1) is 0 Å². The maximum absolute atomic E-state index is 12.3. The van der Waals surface area contributed by atoms with Crippen LogP contribution in [-0.4, -0.2) is 43.9 Å². The molecule has 0 bridgehead atoms. The smallest absolute Gasteiger partial charge is 0.344 e. The topological polar surface area (TPSA) is 71.4 Å². The average Bonchev–Trinajstić information content (AvgIpc) is 3.04. The number of esters is 1. The molecule has 0 saturated heterocycles. The predicted octanol–water partition coefficient (Wildman–Crippen LogP) is 4.95. The van der Waals surface area contributed by atoms with Crippen molar-refractivity contribution in [3.63, 3.8) is 0 Å². The highest BCUT2D eigenvalue weighted by atomic mass is 32.2. The molecule has 0 amide bonds. The fourth-order valence-corrected chi connectivity index (χ4v) is 3.85. The molecule has 30 heavy (non-hydrogen) atoms. The van der Waals surface area contributed by atoms with Crippen molar-refractivity contribution in [1.29, 1.82) is 0 Å². The first-order chi connectivity index (χ1) is 14.4. The Morgan fingerprint density at radius 2 is 1.80 bits per heavy atom. The minimum Gasteiger partial charge on any atom is -0.506 e. The highest BCUT2D eigenvalue weighted by molar-refractivity contribution is 8.18. The molecular formula is C23H24N2O4S. The number of benzene rings is 2. The van der Waals surface area contributed by atoms with Gasteiger partial charge >= 0.3 is 5.97 Å². The zero-order chi connectivity index (χ0) is 21.7. The number of nitrogens with zero attached hydrogens (tertiary/aromatic N) is 2. The summed E-state index contributed by atoms with van der Waals surface area (Å²) in [4.78, 5) is 19.4. The maximum Gasteiger partial charge on any atom is 0.344 e. The van der Waals surface area contributed by atoms with Gasteiger partial charge in [0.15, 0.2) is 0 Å². The van der Waals surface area contributed by atoms with Gasteiger partial charge in [-0.25, -0.2) is 9.79 Å². The van der Waals surface area contributed by atoms with E-state index in [1.165, 1.54) is 18.9 Å². The van der Waals surface area contributed by atoms with Crippen LogP contribution in [0, 0.1) is 0 Å². The molecule has 0 saturated carbocycles. The van der Waals surface area contributed by atoms with Crippen LogP contribution in [0.25, 0.3) is 6.08 Å². The van der Waals surface area contributed by atoms with Crippen LogP contribution in [0.15, 0.2) is 69.8 Å². The predicted molar refractivity (Wildman–Crippen MR) is 123 cm³/mol. The van der Waals surface area contributed by atoms with Gasteiger partial charge in [-0.2, -0.15) is 0 Å². The van der Waals surface area contributed by atoms with Gasteiger partial charge < -0.3 is 19.5 Å². The molecule has 0 radical (unpaired) electrons. The minimum absolute atomic E-state index is 0.0625. The van der Waals surface area contributed by atoms with Gasteiger partial charge in [0.25, 0.3) is 0 Å². The number of aliphatic hydroxyl groups excluding tert-OH is 1. The molecule has 0 spiro atoms. The van der Waals surface area contributed by atoms with Crippen molar-refractivity contribution in [3.8, 4) is 5.75 Å². The molecule has 1 aliphatic rings. The van der Waals surface area contributed by atoms with Crippen molar-refractivity contribution in [2.75, 3.05) is 32.7 Å². The number of hydrogen-bond acceptors (Lipinski definition) is 7. The number of carbonyl (C=O) groups excluding carboxylic acids is 1. The Morgan fingerprint density at radius 1 is 1.13 bits per heavy atom. The number of aliphatic imine (C=N–C) groups is 1. The van der Waals surface area contributed by atoms with Crippen LogP contribution in [0.2, 0.25) is 0 Å². The van der Waals surface area contributed by atoms with Crippen LogP contribution in [0.3, 0.4) is 0 Å². The number of ether oxygens (including phenoxy) is 2. The highest BCUT2D eigenvalue weighted by Crippen LogP contribution is 2.40. The van der Waals surface area contributed by atoms with Gasteiger partial charge in [-0.05, 0) is 55.0 Å². The largest absolute Gasteiger partial charge is 0.506 e. The third kappa shape index (κ3) is 4.86. The lowest BCUT2D eigenvalue weighted by Gasteiger charge is -2.11. The van der Waals surface area contributed by atoms with E-state index in [1.54, 1.807) is 12.1 Å². The van der Waals surface area contributed by atoms with Gasteiger partial charge in [-0.1, -0.05) is 23.9 Å². The molecule has 0 aliphatic carbocycles. The van der Waals surface area contributed by atoms with E-state index in [4.69, 9.17) is 9.47 Å². The van der Waals surface area contributed by atoms with Crippen molar-refractivity contribution < 1.29 is 19.4 Å². The third-order valence-electron chi connectivity index (χ3n) is 4.37. The summed E-state index contributed by atoms with van der Waals surface area (Å²) in [6.45, 7) is 2.50. The quantitative estimate of drug-likeness (QED) is 0.662. The zero-order valence-electron chi connectivity index (χ0n) is 17.4. The van der Waals surface area contributed by atoms with Crippen molar-refractivity contribution in [2.24, 2.45) is 4.99 Å². The summed E-state index contributed by atoms with van der Waals surface area (Å²) in [6, 6.07) is 15.1. The summed E-state index contributed by atoms with van der Waals surface area (Å²) in [6.07, 6.45) is 1.82. The molecule has 0 aromatic heterocycles. The average molecular weight is 425 g/mol. The van der Waals surface area contributed by atoms with Gasteiger partial charge in [0.05, 0.1) is 24.3 Å². The maximum atomic E-state index is 12.3. The molecule has 0 unspecified atom stereocenters. The molecular weight excluding hydrogens is 400 g/mol. The van der Waals surface area contributed by atoms with Crippen molar-refractivity contribution in [3.05, 3.63) is 70.3 Å². The van der Waals surface area contributed by atoms with Crippen LogP contribution in [-0.2, 0) is 9.53 Å². The Hall–Kier alpha value is -3.19. The van der Waals surface area contributed by atoms with Crippen molar-refractivity contribution >= 4 is 40.2 Å². The molecule has 0 fully saturated rings. The van der Waals surface area contributed by atoms with Crippen LogP contribution in [0.4, 0.5) is 11.4 Å². The number of carbonyl (C=O) groups is 1. The monoisotopic (exact) mass is 424 g/mol. The Bertz CT molecular complexity index is 1010. The molecule has 3 rings (SSSR count). The second-order valence-electron chi connectivity index (χ2n) is 6.66. The van der Waals surface area contributed by atoms with Gasteiger partial charge in [0.1, 0.15) is 22.1 Å². The highest BCUT2D eigenvalue weighted by Gasteiger charge is 2.32. The van der Waals surface area contributed by atoms with E-state index < -0.39 is 5.97 Å². The summed E-state index contributed by atoms with van der Waals surface area (Å²) in [5, 5.41) is 11.1. The number of methoxy groups -OCH3 is 1. The molecule has 1 N–H and O–H groups in total. The first-order valence-corrected chi connectivity index (χ1v) is 10.3. The molecule has 156 valence electrons. The van der Waals surface area contributed by atoms with Gasteiger partial charge in [0.2, 0.25) is 0 Å². The van der Waals surface area contributed by atoms with E-state index in [1.807, 2.05) is 68.4 Å². The van der Waals surface area contributed by atoms with Crippen LogP contribution in [0.5, 0.6) is 5.75 Å². The Balaban J connectivity index is 1.94. The van der Waals surface area contributed by atoms with Gasteiger partial charge in [-0.3, -0.25) is 0 Å². The summed E-state index contributed by atoms with van der Waals surface area (Å²) in [7, 11) is 5.23. The molecule has 1 heterocycles. The standard InChI is InChI=1S/C23H24N2O4S/c1-5-29-18-12-8-16(9-13-18)24-22-20(23(27)28-4)21(26)19(30-22)14-15-6-10-17(11-7-15)25(2)3/h6-14,26H,5H2,1-4H3. The SMILES string of the molecule is CCOc1ccc(N=C2SC(=Cc3ccc(N(C)C)cc3)C(O)=C2C(=O)OC)cc1. The van der Waals surface area contributed by atoms with Gasteiger partial charge in [0, 0.05) is 19.8 Å². The normalized spacial score (nSPS) is 16.3. The van der Waals surface area contributed by atoms with Crippen LogP contribution in [0.1, 0.15) is 12.5 Å². The van der Waals surface area contributed by atoms with Crippen LogP contribution < -0.4 is 9.64 Å². The number of aliphatic hydroxyl groups is 1. The first-order valence-electron chi connectivity index (χ1n) is 9.43. The Morgan fingerprint density at radius 3 is 2.37 bits per heavy atom. The number of rotatable bonds is 6. The number of hydrogen-bond donors (Lipinski definition) is 1. The fraction of sp³-hybridized carbons (Fsp3) is 0.217. The Labute approximate surface area is 180 Å². The lowest BCUT2D eigenvalue weighted by molar-refractivity contribution is -0.135. The molecule has 2 aromatic rings. The van der Waals surface area contributed by atoms with Crippen molar-refractivity contribution in [2.45, 2.75) is 6.92 Å². The number of thioether (sulfide) groups is 1. The lowest BCUT2D eigenvalue weighted by atomic mass is 10.1. The van der Waals surface area contributed by atoms with E-state index in [2.05, 4.69) is 4.99 Å². The summed E-state index contributed by atoms with van der Waals surface area (Å²) in [5.41, 5.74) is 2.68. The van der Waals surface area contributed by atoms with Crippen LogP contribution >= 0.6 is 11.8 Å². The van der Waals surface area contributed by atoms with E-state index in [0.29, 0.717) is 22.2 Å². The molecule has 1 aliphatic heterocycles. The van der Waals surface area contributed by atoms with E-state index in [0.717, 1.165) is 17.0 Å². The summed E-state index contributed by atoms with van der Waals surface area (Å²) < 4.78 is 10.3. The second kappa shape index (κ2) is 9.54. The minimum atomic E-state index is -0.629. The summed E-state index contributed by atoms with van der Waals surface area (Å²) in [5.74, 6) is -0.0156. The second-order valence-corrected chi connectivity index (χ2v) is 7.69. The zero-order valence-corrected chi connectivity index (χ0v) is 18.2. The van der Waals surface area contributed by atoms with E-state index >= 15 is 0 Å². The molecule has 6 nitrogen and oxygen atoms in total. The molecule has 2 aromatic carbocycles. The Kier molecular flexibility index (Phi) is 6.84. The number of anilines is 1. The van der Waals surface area contributed by atoms with Crippen molar-refractivity contribution in [1.82, 2.24) is 0 Å². The lowest BCUT2D eigenvalue weighted by Crippen LogP contribution is -2.10. The fourth-order valence-electron chi connectivity index (χ4n) is 2.81. The third-order valence-corrected chi connectivity index (χ3v) is 5.39. The van der Waals surface area contributed by atoms with E-state index in [9.17, 15) is 9.90 Å². The van der Waals surface area contributed by atoms with E-state index in [-0.39, 0.29) is 11.3 Å². The molecule has 0 atom stereocenters.